The first kappa shape index (κ1) is 67.1. The van der Waals surface area contributed by atoms with Crippen molar-refractivity contribution in [2.24, 2.45) is 24.8 Å². The van der Waals surface area contributed by atoms with Gasteiger partial charge in [0.05, 0.1) is 62.1 Å². The van der Waals surface area contributed by atoms with Crippen LogP contribution in [0.25, 0.3) is 16.9 Å². The van der Waals surface area contributed by atoms with Crippen molar-refractivity contribution in [1.29, 1.82) is 0 Å². The van der Waals surface area contributed by atoms with E-state index in [0.717, 1.165) is 166 Å². The zero-order valence-corrected chi connectivity index (χ0v) is 57.8. The lowest BCUT2D eigenvalue weighted by molar-refractivity contribution is 0.0589. The predicted octanol–water partition coefficient (Wildman–Crippen LogP) is 13.2. The van der Waals surface area contributed by atoms with Crippen LogP contribution in [-0.2, 0) is 7.05 Å². The molecule has 2 aromatic carbocycles. The number of piperidine rings is 3. The first-order valence-electron chi connectivity index (χ1n) is 34.2. The number of likely N-dealkylation sites (tertiary alicyclic amines) is 3. The lowest BCUT2D eigenvalue weighted by Crippen LogP contribution is -2.39. The standard InChI is InChI=1S/C24H27ClFN5O.C24H27F2N5O2.C23H30ClN7O/c1-15-8-10-29(13-15)23-16(2)14-31-22(27-23)12-20(28-31)21-5-3-4-9-30(21)24(32)18-7-6-17(26)11-19(18)25;1-14-8-10-29(12-14)23-15(2)13-31-20(27-23)11-18(28-31)19-5-3-4-9-30(19)24(33)16-6-7-17(25)21(26)22(16)32;1-14-8-10-29(12-14)22-15(2)13-31-19(25-22)11-17(27-31)18-7-5-6-9-30(18)23(32)21-20(24)16(3)26-28(21)4/h6-7,11-12,14-15,21H,3-5,8-10,13H2,1-2H3;6-7,11,13-14,19,32H,3-5,8-10,12H2,1-2H3;11,13-14,18H,5-10,12H2,1-4H3/t15-,21-;14-,19-;14-,18-/m000/s1. The molecule has 15 rings (SSSR count). The molecule has 26 heteroatoms. The van der Waals surface area contributed by atoms with Crippen LogP contribution in [0.2, 0.25) is 10.0 Å². The van der Waals surface area contributed by atoms with Crippen LogP contribution in [-0.4, -0.2) is 150 Å². The summed E-state index contributed by atoms with van der Waals surface area (Å²) >= 11 is 12.6. The number of nitrogens with zero attached hydrogens (tertiary/aromatic N) is 17. The summed E-state index contributed by atoms with van der Waals surface area (Å²) in [4.78, 5) is 67.1. The number of hydrogen-bond acceptors (Lipinski definition) is 14. The molecular formula is C71H84Cl2F3N17O4. The molecule has 0 saturated carbocycles. The van der Waals surface area contributed by atoms with E-state index in [1.54, 1.807) is 21.1 Å². The minimum Gasteiger partial charge on any atom is -0.504 e. The van der Waals surface area contributed by atoms with Crippen molar-refractivity contribution in [3.05, 3.63) is 151 Å². The molecule has 6 aliphatic rings. The summed E-state index contributed by atoms with van der Waals surface area (Å²) in [5, 5.41) is 29.3. The van der Waals surface area contributed by atoms with Gasteiger partial charge in [0.1, 0.15) is 29.0 Å². The van der Waals surface area contributed by atoms with Crippen molar-refractivity contribution in [2.45, 2.75) is 144 Å². The number of fused-ring (bicyclic) bond motifs is 3. The maximum absolute atomic E-state index is 13.9. The average Bonchev–Trinajstić information content (AvgIpc) is 1.67. The maximum atomic E-state index is 13.9. The molecule has 9 aromatic rings. The number of amides is 3. The number of phenols is 1. The Kier molecular flexibility index (Phi) is 19.2. The quantitative estimate of drug-likeness (QED) is 0.143. The van der Waals surface area contributed by atoms with Gasteiger partial charge in [-0.3, -0.25) is 19.1 Å². The van der Waals surface area contributed by atoms with E-state index in [9.17, 15) is 32.7 Å². The number of carbonyl (C=O) groups excluding carboxylic acids is 3. The van der Waals surface area contributed by atoms with E-state index < -0.39 is 29.1 Å². The topological polar surface area (TPSA) is 199 Å². The Hall–Kier alpha value is -8.51. The van der Waals surface area contributed by atoms with Gasteiger partial charge >= 0.3 is 0 Å². The number of halogens is 5. The molecular weight excluding hydrogens is 1280 g/mol. The highest BCUT2D eigenvalue weighted by Gasteiger charge is 2.37. The average molecular weight is 1370 g/mol. The lowest BCUT2D eigenvalue weighted by atomic mass is 9.98. The zero-order valence-electron chi connectivity index (χ0n) is 56.3. The van der Waals surface area contributed by atoms with Crippen LogP contribution in [0.1, 0.15) is 187 Å². The highest BCUT2D eigenvalue weighted by atomic mass is 35.5. The summed E-state index contributed by atoms with van der Waals surface area (Å²) in [7, 11) is 1.77. The second kappa shape index (κ2) is 27.8. The maximum Gasteiger partial charge on any atom is 0.274 e. The van der Waals surface area contributed by atoms with Gasteiger partial charge in [-0.05, 0) is 153 Å². The lowest BCUT2D eigenvalue weighted by Gasteiger charge is -2.35. The molecule has 0 unspecified atom stereocenters. The molecule has 13 heterocycles. The zero-order chi connectivity index (χ0) is 68.2. The van der Waals surface area contributed by atoms with E-state index >= 15 is 0 Å². The van der Waals surface area contributed by atoms with Gasteiger partial charge in [-0.2, -0.15) is 24.8 Å². The second-order valence-corrected chi connectivity index (χ2v) is 28.4. The number of aromatic hydroxyl groups is 1. The number of hydrogen-bond donors (Lipinski definition) is 1. The summed E-state index contributed by atoms with van der Waals surface area (Å²) in [6.45, 7) is 22.6. The van der Waals surface area contributed by atoms with E-state index in [2.05, 4.69) is 60.6 Å². The minimum absolute atomic E-state index is 0.0873. The van der Waals surface area contributed by atoms with Crippen LogP contribution in [0.15, 0.2) is 67.1 Å². The minimum atomic E-state index is -1.41. The largest absolute Gasteiger partial charge is 0.504 e. The molecule has 0 bridgehead atoms. The molecule has 6 atom stereocenters. The molecule has 6 fully saturated rings. The van der Waals surface area contributed by atoms with Crippen molar-refractivity contribution < 1.29 is 32.7 Å². The number of anilines is 3. The SMILES string of the molecule is Cc1cn2nc([C@@H]3CCCCN3C(=O)c3c(Cl)c(C)nn3C)cc2nc1N1CC[C@H](C)C1.Cc1cn2nc([C@@H]3CCCCN3C(=O)c3ccc(F)c(F)c3O)cc2nc1N1CC[C@H](C)C1.Cc1cn2nc([C@@H]3CCCCN3C(=O)c3ccc(F)cc3Cl)cc2nc1N1CC[C@H](C)C1. The highest BCUT2D eigenvalue weighted by Crippen LogP contribution is 2.39. The van der Waals surface area contributed by atoms with Crippen LogP contribution in [0, 0.1) is 62.9 Å². The van der Waals surface area contributed by atoms with E-state index in [0.29, 0.717) is 77.1 Å². The third-order valence-corrected chi connectivity index (χ3v) is 20.9. The van der Waals surface area contributed by atoms with Crippen molar-refractivity contribution in [1.82, 2.24) is 68.3 Å². The third kappa shape index (κ3) is 13.5. The number of carbonyl (C=O) groups is 3. The first-order valence-corrected chi connectivity index (χ1v) is 34.9. The van der Waals surface area contributed by atoms with E-state index in [4.69, 9.17) is 53.4 Å². The molecule has 3 amide bonds. The first-order chi connectivity index (χ1) is 46.6. The normalized spacial score (nSPS) is 21.5. The Labute approximate surface area is 572 Å². The summed E-state index contributed by atoms with van der Waals surface area (Å²) in [6, 6.07) is 11.2. The third-order valence-electron chi connectivity index (χ3n) is 20.2. The molecule has 6 saturated heterocycles. The summed E-state index contributed by atoms with van der Waals surface area (Å²) < 4.78 is 47.8. The molecule has 7 aromatic heterocycles. The number of benzene rings is 2. The van der Waals surface area contributed by atoms with Crippen molar-refractivity contribution >= 4 is 75.3 Å². The Morgan fingerprint density at radius 1 is 0.495 bits per heavy atom. The molecule has 97 heavy (non-hydrogen) atoms. The predicted molar refractivity (Wildman–Crippen MR) is 366 cm³/mol. The molecule has 0 radical (unpaired) electrons. The van der Waals surface area contributed by atoms with E-state index in [-0.39, 0.29) is 40.5 Å². The monoisotopic (exact) mass is 1370 g/mol. The molecule has 512 valence electrons. The van der Waals surface area contributed by atoms with Crippen molar-refractivity contribution in [2.75, 3.05) is 73.6 Å². The molecule has 0 spiro atoms. The van der Waals surface area contributed by atoms with Gasteiger partial charge in [-0.1, -0.05) is 44.0 Å². The molecule has 21 nitrogen and oxygen atoms in total. The van der Waals surface area contributed by atoms with Crippen LogP contribution in [0.4, 0.5) is 30.6 Å². The van der Waals surface area contributed by atoms with Crippen LogP contribution in [0.5, 0.6) is 5.75 Å². The molecule has 0 aliphatic carbocycles. The molecule has 1 N–H and O–H groups in total. The van der Waals surface area contributed by atoms with E-state index in [1.807, 2.05) is 63.3 Å². The fourth-order valence-electron chi connectivity index (χ4n) is 15.0. The number of phenolic OH excluding ortho intramolecular Hbond substituents is 1. The summed E-state index contributed by atoms with van der Waals surface area (Å²) in [6.07, 6.45) is 17.6. The van der Waals surface area contributed by atoms with Gasteiger partial charge < -0.3 is 34.5 Å². The van der Waals surface area contributed by atoms with Crippen LogP contribution >= 0.6 is 23.2 Å². The van der Waals surface area contributed by atoms with Gasteiger partial charge in [0.2, 0.25) is 5.82 Å². The number of aryl methyl sites for hydroxylation is 5. The Morgan fingerprint density at radius 2 is 0.887 bits per heavy atom. The fraction of sp³-hybridized carbons (Fsp3) is 0.493. The Morgan fingerprint density at radius 3 is 1.26 bits per heavy atom. The van der Waals surface area contributed by atoms with Crippen LogP contribution in [0.3, 0.4) is 0 Å². The van der Waals surface area contributed by atoms with E-state index in [1.165, 1.54) is 31.0 Å². The van der Waals surface area contributed by atoms with Crippen molar-refractivity contribution in [3.63, 3.8) is 0 Å². The van der Waals surface area contributed by atoms with Gasteiger partial charge in [0, 0.05) is 119 Å². The highest BCUT2D eigenvalue weighted by molar-refractivity contribution is 6.34. The summed E-state index contributed by atoms with van der Waals surface area (Å²) in [5.41, 5.74) is 9.17. The second-order valence-electron chi connectivity index (χ2n) is 27.7. The Bertz CT molecular complexity index is 4480. The van der Waals surface area contributed by atoms with Gasteiger partial charge in [-0.15, -0.1) is 0 Å². The number of aromatic nitrogens is 11. The van der Waals surface area contributed by atoms with Gasteiger partial charge in [0.15, 0.2) is 28.5 Å². The summed E-state index contributed by atoms with van der Waals surface area (Å²) in [5.74, 6) is 0.198. The van der Waals surface area contributed by atoms with Crippen LogP contribution < -0.4 is 14.7 Å². The smallest absolute Gasteiger partial charge is 0.274 e. The van der Waals surface area contributed by atoms with Gasteiger partial charge in [0.25, 0.3) is 17.7 Å². The molecule has 6 aliphatic heterocycles. The Balaban J connectivity index is 0.000000131. The number of rotatable bonds is 9. The van der Waals surface area contributed by atoms with Crippen molar-refractivity contribution in [3.8, 4) is 5.75 Å². The van der Waals surface area contributed by atoms with Gasteiger partial charge in [-0.25, -0.2) is 37.3 Å². The fourth-order valence-corrected chi connectivity index (χ4v) is 15.5.